The lowest BCUT2D eigenvalue weighted by molar-refractivity contribution is 0.0345. The number of hydrogen-bond donors (Lipinski definition) is 2. The van der Waals surface area contributed by atoms with E-state index in [2.05, 4.69) is 14.8 Å². The van der Waals surface area contributed by atoms with Gasteiger partial charge in [-0.1, -0.05) is 0 Å². The van der Waals surface area contributed by atoms with Crippen molar-refractivity contribution in [2.45, 2.75) is 26.4 Å². The van der Waals surface area contributed by atoms with Crippen molar-refractivity contribution in [1.82, 2.24) is 9.88 Å². The Morgan fingerprint density at radius 3 is 2.47 bits per heavy atom. The maximum atomic E-state index is 9.85. The van der Waals surface area contributed by atoms with Crippen LogP contribution >= 0.6 is 0 Å². The number of nitrogens with zero attached hydrogens (tertiary/aromatic N) is 3. The minimum atomic E-state index is -0.636. The Balaban J connectivity index is 1.98. The molecule has 2 rings (SSSR count). The van der Waals surface area contributed by atoms with Crippen molar-refractivity contribution in [2.24, 2.45) is 0 Å². The van der Waals surface area contributed by atoms with Crippen LogP contribution in [0.15, 0.2) is 12.1 Å². The Labute approximate surface area is 115 Å². The molecular formula is C14H24N4O. The van der Waals surface area contributed by atoms with E-state index in [0.717, 1.165) is 43.4 Å². The molecule has 0 spiro atoms. The molecule has 1 fully saturated rings. The zero-order valence-corrected chi connectivity index (χ0v) is 12.1. The van der Waals surface area contributed by atoms with E-state index in [1.54, 1.807) is 0 Å². The van der Waals surface area contributed by atoms with Crippen molar-refractivity contribution in [2.75, 3.05) is 43.4 Å². The largest absolute Gasteiger partial charge is 0.396 e. The molecule has 19 heavy (non-hydrogen) atoms. The third-order valence-corrected chi connectivity index (χ3v) is 3.33. The van der Waals surface area contributed by atoms with Gasteiger partial charge < -0.3 is 15.7 Å². The summed E-state index contributed by atoms with van der Waals surface area (Å²) in [5.41, 5.74) is 7.09. The van der Waals surface area contributed by atoms with Gasteiger partial charge in [0, 0.05) is 38.4 Å². The maximum absolute atomic E-state index is 9.85. The van der Waals surface area contributed by atoms with Crippen molar-refractivity contribution in [3.63, 3.8) is 0 Å². The number of piperazine rings is 1. The zero-order valence-electron chi connectivity index (χ0n) is 12.1. The van der Waals surface area contributed by atoms with Crippen molar-refractivity contribution < 1.29 is 5.11 Å². The van der Waals surface area contributed by atoms with Crippen molar-refractivity contribution in [1.29, 1.82) is 0 Å². The Morgan fingerprint density at radius 2 is 1.89 bits per heavy atom. The molecule has 5 nitrogen and oxygen atoms in total. The van der Waals surface area contributed by atoms with Crippen LogP contribution in [0, 0.1) is 6.92 Å². The van der Waals surface area contributed by atoms with E-state index in [1.807, 2.05) is 32.9 Å². The van der Waals surface area contributed by atoms with E-state index in [-0.39, 0.29) is 0 Å². The summed E-state index contributed by atoms with van der Waals surface area (Å²) < 4.78 is 0. The quantitative estimate of drug-likeness (QED) is 0.848. The summed E-state index contributed by atoms with van der Waals surface area (Å²) in [5, 5.41) is 9.85. The summed E-state index contributed by atoms with van der Waals surface area (Å²) in [6.07, 6.45) is 0. The second-order valence-electron chi connectivity index (χ2n) is 5.94. The zero-order chi connectivity index (χ0) is 14.0. The topological polar surface area (TPSA) is 65.6 Å². The van der Waals surface area contributed by atoms with Crippen molar-refractivity contribution >= 4 is 11.5 Å². The lowest BCUT2D eigenvalue weighted by atomic mass is 10.1. The minimum Gasteiger partial charge on any atom is -0.396 e. The first kappa shape index (κ1) is 14.1. The summed E-state index contributed by atoms with van der Waals surface area (Å²) in [4.78, 5) is 9.03. The van der Waals surface area contributed by atoms with Gasteiger partial charge >= 0.3 is 0 Å². The second-order valence-corrected chi connectivity index (χ2v) is 5.94. The third kappa shape index (κ3) is 3.81. The highest BCUT2D eigenvalue weighted by atomic mass is 16.3. The molecule has 0 unspecified atom stereocenters. The van der Waals surface area contributed by atoms with Crippen molar-refractivity contribution in [3.8, 4) is 0 Å². The summed E-state index contributed by atoms with van der Waals surface area (Å²) in [5.74, 6) is 0.892. The summed E-state index contributed by atoms with van der Waals surface area (Å²) >= 11 is 0. The van der Waals surface area contributed by atoms with Crippen molar-refractivity contribution in [3.05, 3.63) is 17.8 Å². The fourth-order valence-corrected chi connectivity index (χ4v) is 2.47. The molecule has 0 radical (unpaired) electrons. The number of aliphatic hydroxyl groups is 1. The average molecular weight is 264 g/mol. The molecule has 0 saturated carbocycles. The fourth-order valence-electron chi connectivity index (χ4n) is 2.47. The van der Waals surface area contributed by atoms with E-state index < -0.39 is 5.60 Å². The Bertz CT molecular complexity index is 434. The van der Waals surface area contributed by atoms with Crippen LogP contribution in [0.5, 0.6) is 0 Å². The van der Waals surface area contributed by atoms with E-state index in [9.17, 15) is 5.11 Å². The SMILES string of the molecule is Cc1ccc(N)c(N2CCN(CC(C)(C)O)CC2)n1. The van der Waals surface area contributed by atoms with E-state index in [1.165, 1.54) is 0 Å². The number of rotatable bonds is 3. The molecule has 0 amide bonds. The summed E-state index contributed by atoms with van der Waals surface area (Å²) in [6, 6.07) is 3.85. The number of hydrogen-bond acceptors (Lipinski definition) is 5. The van der Waals surface area contributed by atoms with Crippen LogP contribution in [0.25, 0.3) is 0 Å². The van der Waals surface area contributed by atoms with Crippen LogP contribution in [-0.2, 0) is 0 Å². The van der Waals surface area contributed by atoms with Gasteiger partial charge in [-0.3, -0.25) is 4.90 Å². The third-order valence-electron chi connectivity index (χ3n) is 3.33. The molecule has 0 bridgehead atoms. The van der Waals surface area contributed by atoms with Crippen LogP contribution in [-0.4, -0.2) is 53.3 Å². The predicted octanol–water partition coefficient (Wildman–Crippen LogP) is 0.865. The van der Waals surface area contributed by atoms with Gasteiger partial charge in [-0.05, 0) is 32.9 Å². The van der Waals surface area contributed by atoms with Gasteiger partial charge in [0.05, 0.1) is 11.3 Å². The van der Waals surface area contributed by atoms with Gasteiger partial charge in [0.2, 0.25) is 0 Å². The molecule has 1 saturated heterocycles. The van der Waals surface area contributed by atoms with Gasteiger partial charge in [0.25, 0.3) is 0 Å². The van der Waals surface area contributed by atoms with Crippen LogP contribution in [0.4, 0.5) is 11.5 Å². The molecule has 1 aliphatic heterocycles. The first-order valence-electron chi connectivity index (χ1n) is 6.78. The van der Waals surface area contributed by atoms with Gasteiger partial charge in [-0.2, -0.15) is 0 Å². The Morgan fingerprint density at radius 1 is 1.26 bits per heavy atom. The molecule has 0 atom stereocenters. The number of nitrogen functional groups attached to an aromatic ring is 1. The second kappa shape index (κ2) is 5.35. The van der Waals surface area contributed by atoms with E-state index in [4.69, 9.17) is 5.73 Å². The van der Waals surface area contributed by atoms with Crippen LogP contribution < -0.4 is 10.6 Å². The molecule has 1 aromatic heterocycles. The smallest absolute Gasteiger partial charge is 0.152 e. The number of aryl methyl sites for hydroxylation is 1. The lowest BCUT2D eigenvalue weighted by Crippen LogP contribution is -2.50. The molecule has 2 heterocycles. The molecule has 106 valence electrons. The first-order chi connectivity index (χ1) is 8.85. The molecule has 1 aromatic rings. The average Bonchev–Trinajstić information content (AvgIpc) is 2.31. The van der Waals surface area contributed by atoms with Gasteiger partial charge in [-0.15, -0.1) is 0 Å². The summed E-state index contributed by atoms with van der Waals surface area (Å²) in [6.45, 7) is 10.0. The maximum Gasteiger partial charge on any atom is 0.152 e. The monoisotopic (exact) mass is 264 g/mol. The Kier molecular flexibility index (Phi) is 3.96. The minimum absolute atomic E-state index is 0.636. The highest BCUT2D eigenvalue weighted by Gasteiger charge is 2.24. The molecule has 3 N–H and O–H groups in total. The fraction of sp³-hybridized carbons (Fsp3) is 0.643. The van der Waals surface area contributed by atoms with E-state index >= 15 is 0 Å². The lowest BCUT2D eigenvalue weighted by Gasteiger charge is -2.38. The number of anilines is 2. The molecular weight excluding hydrogens is 240 g/mol. The van der Waals surface area contributed by atoms with Gasteiger partial charge in [0.1, 0.15) is 0 Å². The highest BCUT2D eigenvalue weighted by molar-refractivity contribution is 5.63. The summed E-state index contributed by atoms with van der Waals surface area (Å²) in [7, 11) is 0. The predicted molar refractivity (Wildman–Crippen MR) is 78.3 cm³/mol. The van der Waals surface area contributed by atoms with E-state index in [0.29, 0.717) is 6.54 Å². The van der Waals surface area contributed by atoms with Gasteiger partial charge in [0.15, 0.2) is 5.82 Å². The highest BCUT2D eigenvalue weighted by Crippen LogP contribution is 2.22. The molecule has 5 heteroatoms. The number of β-amino-alcohol motifs (C(OH)–C–C–N with tert-alkyl or cyclic N) is 1. The van der Waals surface area contributed by atoms with Gasteiger partial charge in [-0.25, -0.2) is 4.98 Å². The number of aromatic nitrogens is 1. The first-order valence-corrected chi connectivity index (χ1v) is 6.78. The molecule has 0 aromatic carbocycles. The van der Waals surface area contributed by atoms with Crippen LogP contribution in [0.3, 0.4) is 0 Å². The number of nitrogens with two attached hydrogens (primary N) is 1. The van der Waals surface area contributed by atoms with Crippen LogP contribution in [0.2, 0.25) is 0 Å². The standard InChI is InChI=1S/C14H24N4O/c1-11-4-5-12(15)13(16-11)18-8-6-17(7-9-18)10-14(2,3)19/h4-5,19H,6-10,15H2,1-3H3. The molecule has 1 aliphatic rings. The molecule has 0 aliphatic carbocycles. The Hall–Kier alpha value is -1.33. The normalized spacial score (nSPS) is 17.8. The van der Waals surface area contributed by atoms with Crippen LogP contribution in [0.1, 0.15) is 19.5 Å². The number of pyridine rings is 1.